The number of carbonyl (C=O) groups excluding carboxylic acids is 1. The maximum Gasteiger partial charge on any atom is 0.275 e. The van der Waals surface area contributed by atoms with Gasteiger partial charge in [0, 0.05) is 18.8 Å². The number of benzene rings is 1. The number of carbonyl (C=O) groups is 1. The summed E-state index contributed by atoms with van der Waals surface area (Å²) in [5.74, 6) is 1.11. The van der Waals surface area contributed by atoms with Crippen LogP contribution in [0.2, 0.25) is 0 Å². The highest BCUT2D eigenvalue weighted by molar-refractivity contribution is 6.02. The SMILES string of the molecule is CC(C)c1ccc(NC(=O)c2cnc(N3CCCCCC3)cn2)cc1. The van der Waals surface area contributed by atoms with E-state index in [0.29, 0.717) is 11.6 Å². The largest absolute Gasteiger partial charge is 0.355 e. The predicted molar refractivity (Wildman–Crippen MR) is 101 cm³/mol. The van der Waals surface area contributed by atoms with Crippen LogP contribution >= 0.6 is 0 Å². The minimum Gasteiger partial charge on any atom is -0.355 e. The van der Waals surface area contributed by atoms with Gasteiger partial charge in [-0.2, -0.15) is 0 Å². The Bertz CT molecular complexity index is 687. The number of nitrogens with zero attached hydrogens (tertiary/aromatic N) is 3. The zero-order chi connectivity index (χ0) is 17.6. The molecule has 0 atom stereocenters. The van der Waals surface area contributed by atoms with Gasteiger partial charge in [0.05, 0.1) is 12.4 Å². The zero-order valence-corrected chi connectivity index (χ0v) is 15.0. The minimum absolute atomic E-state index is 0.229. The summed E-state index contributed by atoms with van der Waals surface area (Å²) in [6.07, 6.45) is 8.22. The molecule has 25 heavy (non-hydrogen) atoms. The molecule has 1 amide bonds. The molecule has 0 radical (unpaired) electrons. The third-order valence-electron chi connectivity index (χ3n) is 4.64. The molecule has 5 heteroatoms. The van der Waals surface area contributed by atoms with Crippen LogP contribution in [0, 0.1) is 0 Å². The summed E-state index contributed by atoms with van der Waals surface area (Å²) in [6.45, 7) is 6.33. The highest BCUT2D eigenvalue weighted by atomic mass is 16.1. The molecule has 132 valence electrons. The molecule has 0 saturated carbocycles. The Morgan fingerprint density at radius 2 is 1.68 bits per heavy atom. The van der Waals surface area contributed by atoms with Crippen molar-refractivity contribution in [2.45, 2.75) is 45.4 Å². The first kappa shape index (κ1) is 17.4. The van der Waals surface area contributed by atoms with Crippen molar-refractivity contribution in [2.24, 2.45) is 0 Å². The average Bonchev–Trinajstić information content (AvgIpc) is 2.92. The molecule has 1 N–H and O–H groups in total. The van der Waals surface area contributed by atoms with Crippen LogP contribution in [-0.2, 0) is 0 Å². The van der Waals surface area contributed by atoms with E-state index in [4.69, 9.17) is 0 Å². The van der Waals surface area contributed by atoms with Gasteiger partial charge < -0.3 is 10.2 Å². The van der Waals surface area contributed by atoms with Gasteiger partial charge in [-0.3, -0.25) is 4.79 Å². The Kier molecular flexibility index (Phi) is 5.64. The average molecular weight is 338 g/mol. The van der Waals surface area contributed by atoms with Crippen LogP contribution in [0.1, 0.15) is 61.5 Å². The van der Waals surface area contributed by atoms with Gasteiger partial charge in [-0.15, -0.1) is 0 Å². The molecular weight excluding hydrogens is 312 g/mol. The Balaban J connectivity index is 1.64. The highest BCUT2D eigenvalue weighted by Crippen LogP contribution is 2.18. The van der Waals surface area contributed by atoms with Crippen LogP contribution in [0.4, 0.5) is 11.5 Å². The van der Waals surface area contributed by atoms with Crippen molar-refractivity contribution in [1.29, 1.82) is 0 Å². The molecule has 0 aliphatic carbocycles. The number of hydrogen-bond donors (Lipinski definition) is 1. The smallest absolute Gasteiger partial charge is 0.275 e. The molecule has 5 nitrogen and oxygen atoms in total. The highest BCUT2D eigenvalue weighted by Gasteiger charge is 2.13. The van der Waals surface area contributed by atoms with Gasteiger partial charge in [0.2, 0.25) is 0 Å². The van der Waals surface area contributed by atoms with Crippen molar-refractivity contribution >= 4 is 17.4 Å². The number of hydrogen-bond acceptors (Lipinski definition) is 4. The van der Waals surface area contributed by atoms with Crippen molar-refractivity contribution in [3.8, 4) is 0 Å². The summed E-state index contributed by atoms with van der Waals surface area (Å²) in [7, 11) is 0. The molecule has 2 heterocycles. The molecule has 0 unspecified atom stereocenters. The van der Waals surface area contributed by atoms with Crippen molar-refractivity contribution in [3.63, 3.8) is 0 Å². The van der Waals surface area contributed by atoms with E-state index in [9.17, 15) is 4.79 Å². The van der Waals surface area contributed by atoms with Crippen molar-refractivity contribution in [3.05, 3.63) is 47.9 Å². The lowest BCUT2D eigenvalue weighted by Gasteiger charge is -2.20. The van der Waals surface area contributed by atoms with Crippen LogP contribution in [-0.4, -0.2) is 29.0 Å². The van der Waals surface area contributed by atoms with Gasteiger partial charge in [0.25, 0.3) is 5.91 Å². The summed E-state index contributed by atoms with van der Waals surface area (Å²) in [5.41, 5.74) is 2.36. The second-order valence-electron chi connectivity index (χ2n) is 6.89. The molecule has 1 saturated heterocycles. The standard InChI is InChI=1S/C20H26N4O/c1-15(2)16-7-9-17(10-8-16)23-20(25)18-13-22-19(14-21-18)24-11-5-3-4-6-12-24/h7-10,13-15H,3-6,11-12H2,1-2H3,(H,23,25). The van der Waals surface area contributed by atoms with Gasteiger partial charge >= 0.3 is 0 Å². The van der Waals surface area contributed by atoms with Crippen LogP contribution < -0.4 is 10.2 Å². The Morgan fingerprint density at radius 3 is 2.24 bits per heavy atom. The van der Waals surface area contributed by atoms with Gasteiger partial charge in [-0.05, 0) is 36.5 Å². The van der Waals surface area contributed by atoms with E-state index in [2.05, 4.69) is 34.0 Å². The van der Waals surface area contributed by atoms with E-state index in [0.717, 1.165) is 24.6 Å². The summed E-state index contributed by atoms with van der Waals surface area (Å²) in [5, 5.41) is 2.88. The first-order valence-electron chi connectivity index (χ1n) is 9.12. The lowest BCUT2D eigenvalue weighted by Crippen LogP contribution is -2.25. The molecule has 1 aromatic carbocycles. The lowest BCUT2D eigenvalue weighted by molar-refractivity contribution is 0.102. The number of rotatable bonds is 4. The molecule has 1 aromatic heterocycles. The molecular formula is C20H26N4O. The Hall–Kier alpha value is -2.43. The van der Waals surface area contributed by atoms with Crippen molar-refractivity contribution < 1.29 is 4.79 Å². The fraction of sp³-hybridized carbons (Fsp3) is 0.450. The number of nitrogens with one attached hydrogen (secondary N) is 1. The van der Waals surface area contributed by atoms with E-state index in [1.165, 1.54) is 31.2 Å². The van der Waals surface area contributed by atoms with Crippen LogP contribution in [0.25, 0.3) is 0 Å². The van der Waals surface area contributed by atoms with E-state index in [1.54, 1.807) is 12.4 Å². The number of amides is 1. The topological polar surface area (TPSA) is 58.1 Å². The summed E-state index contributed by atoms with van der Waals surface area (Å²) in [6, 6.07) is 7.92. The predicted octanol–water partition coefficient (Wildman–Crippen LogP) is 4.23. The molecule has 3 rings (SSSR count). The normalized spacial score (nSPS) is 15.1. The van der Waals surface area contributed by atoms with Gasteiger partial charge in [0.1, 0.15) is 11.5 Å². The number of aromatic nitrogens is 2. The lowest BCUT2D eigenvalue weighted by atomic mass is 10.0. The fourth-order valence-electron chi connectivity index (χ4n) is 3.05. The second kappa shape index (κ2) is 8.10. The zero-order valence-electron chi connectivity index (χ0n) is 15.0. The van der Waals surface area contributed by atoms with E-state index in [-0.39, 0.29) is 5.91 Å². The van der Waals surface area contributed by atoms with Crippen molar-refractivity contribution in [1.82, 2.24) is 9.97 Å². The third-order valence-corrected chi connectivity index (χ3v) is 4.64. The number of anilines is 2. The maximum atomic E-state index is 12.3. The van der Waals surface area contributed by atoms with Crippen molar-refractivity contribution in [2.75, 3.05) is 23.3 Å². The Labute approximate surface area is 149 Å². The Morgan fingerprint density at radius 1 is 1.00 bits per heavy atom. The molecule has 1 aliphatic rings. The van der Waals surface area contributed by atoms with Gasteiger partial charge in [-0.1, -0.05) is 38.8 Å². The molecule has 0 bridgehead atoms. The van der Waals surface area contributed by atoms with E-state index < -0.39 is 0 Å². The monoisotopic (exact) mass is 338 g/mol. The fourth-order valence-corrected chi connectivity index (χ4v) is 3.05. The third kappa shape index (κ3) is 4.56. The summed E-state index contributed by atoms with van der Waals surface area (Å²) < 4.78 is 0. The summed E-state index contributed by atoms with van der Waals surface area (Å²) >= 11 is 0. The van der Waals surface area contributed by atoms with Gasteiger partial charge in [-0.25, -0.2) is 9.97 Å². The van der Waals surface area contributed by atoms with Gasteiger partial charge in [0.15, 0.2) is 0 Å². The molecule has 0 spiro atoms. The second-order valence-corrected chi connectivity index (χ2v) is 6.89. The maximum absolute atomic E-state index is 12.3. The molecule has 1 fully saturated rings. The quantitative estimate of drug-likeness (QED) is 0.906. The first-order chi connectivity index (χ1) is 12.1. The van der Waals surface area contributed by atoms with E-state index in [1.807, 2.05) is 24.3 Å². The first-order valence-corrected chi connectivity index (χ1v) is 9.12. The molecule has 1 aliphatic heterocycles. The van der Waals surface area contributed by atoms with Crippen LogP contribution in [0.5, 0.6) is 0 Å². The summed E-state index contributed by atoms with van der Waals surface area (Å²) in [4.78, 5) is 23.4. The minimum atomic E-state index is -0.229. The van der Waals surface area contributed by atoms with Crippen LogP contribution in [0.15, 0.2) is 36.7 Å². The van der Waals surface area contributed by atoms with E-state index >= 15 is 0 Å². The molecule has 2 aromatic rings. The van der Waals surface area contributed by atoms with Crippen LogP contribution in [0.3, 0.4) is 0 Å².